The van der Waals surface area contributed by atoms with Crippen molar-refractivity contribution in [2.75, 3.05) is 29.6 Å². The van der Waals surface area contributed by atoms with Crippen LogP contribution in [0.1, 0.15) is 22.8 Å². The van der Waals surface area contributed by atoms with Crippen molar-refractivity contribution in [1.82, 2.24) is 5.32 Å². The van der Waals surface area contributed by atoms with E-state index in [1.165, 1.54) is 0 Å². The summed E-state index contributed by atoms with van der Waals surface area (Å²) in [6.45, 7) is 5.10. The van der Waals surface area contributed by atoms with E-state index in [4.69, 9.17) is 15.3 Å². The molecule has 0 spiro atoms. The number of anilines is 3. The molecule has 1 aliphatic rings. The highest BCUT2D eigenvalue weighted by Crippen LogP contribution is 2.25. The maximum Gasteiger partial charge on any atom is 0.257 e. The molecule has 0 saturated heterocycles. The van der Waals surface area contributed by atoms with E-state index in [-0.39, 0.29) is 5.91 Å². The highest BCUT2D eigenvalue weighted by atomic mass is 16.5. The highest BCUT2D eigenvalue weighted by molar-refractivity contribution is 6.09. The number of nitrogen functional groups attached to an aromatic ring is 1. The van der Waals surface area contributed by atoms with Crippen molar-refractivity contribution in [3.05, 3.63) is 59.8 Å². The largest absolute Gasteiger partial charge is 0.471 e. The van der Waals surface area contributed by atoms with Gasteiger partial charge in [0.15, 0.2) is 6.73 Å². The zero-order valence-electron chi connectivity index (χ0n) is 14.5. The fourth-order valence-corrected chi connectivity index (χ4v) is 2.54. The Kier molecular flexibility index (Phi) is 6.61. The summed E-state index contributed by atoms with van der Waals surface area (Å²) in [7, 11) is 0. The minimum absolute atomic E-state index is 0.213. The van der Waals surface area contributed by atoms with Crippen molar-refractivity contribution < 1.29 is 14.3 Å². The number of rotatable bonds is 5. The second kappa shape index (κ2) is 9.12. The Labute approximate surface area is 152 Å². The van der Waals surface area contributed by atoms with E-state index in [2.05, 4.69) is 16.0 Å². The number of carbonyl (C=O) groups is 2. The minimum atomic E-state index is -0.213. The summed E-state index contributed by atoms with van der Waals surface area (Å²) < 4.78 is 5.46. The summed E-state index contributed by atoms with van der Waals surface area (Å²) in [5.41, 5.74) is 9.28. The molecule has 0 radical (unpaired) electrons. The number of nitrogens with two attached hydrogens (primary N) is 1. The Morgan fingerprint density at radius 2 is 2.04 bits per heavy atom. The first-order chi connectivity index (χ1) is 12.7. The third-order valence-corrected chi connectivity index (χ3v) is 3.64. The number of carbonyl (C=O) groups excluding carboxylic acids is 2. The number of benzene rings is 2. The van der Waals surface area contributed by atoms with Crippen molar-refractivity contribution in [1.29, 1.82) is 0 Å². The average molecular weight is 354 g/mol. The van der Waals surface area contributed by atoms with Gasteiger partial charge in [0.25, 0.3) is 5.91 Å². The Hall–Kier alpha value is -3.48. The van der Waals surface area contributed by atoms with E-state index < -0.39 is 0 Å². The third kappa shape index (κ3) is 4.32. The smallest absolute Gasteiger partial charge is 0.257 e. The third-order valence-electron chi connectivity index (χ3n) is 3.64. The van der Waals surface area contributed by atoms with Gasteiger partial charge in [-0.15, -0.1) is 0 Å². The van der Waals surface area contributed by atoms with Gasteiger partial charge in [-0.1, -0.05) is 18.2 Å². The summed E-state index contributed by atoms with van der Waals surface area (Å²) in [6, 6.07) is 12.8. The summed E-state index contributed by atoms with van der Waals surface area (Å²) in [4.78, 5) is 20.6. The van der Waals surface area contributed by atoms with Crippen LogP contribution in [-0.4, -0.2) is 26.0 Å². The minimum Gasteiger partial charge on any atom is -0.471 e. The van der Waals surface area contributed by atoms with Gasteiger partial charge in [0.2, 0.25) is 0 Å². The van der Waals surface area contributed by atoms with E-state index in [0.29, 0.717) is 35.9 Å². The molecule has 0 aliphatic carbocycles. The van der Waals surface area contributed by atoms with E-state index >= 15 is 0 Å². The molecule has 7 heteroatoms. The van der Waals surface area contributed by atoms with Gasteiger partial charge in [-0.2, -0.15) is 0 Å². The SMILES string of the molecule is C=O.CCNc1c(N)cccc1C(=O)Nc1cccc(C2=CNCO2)c1. The fraction of sp³-hybridized carbons (Fsp3) is 0.158. The van der Waals surface area contributed by atoms with Crippen molar-refractivity contribution in [2.45, 2.75) is 6.92 Å². The number of amides is 1. The molecule has 0 atom stereocenters. The van der Waals surface area contributed by atoms with E-state index in [1.54, 1.807) is 18.2 Å². The lowest BCUT2D eigenvalue weighted by Gasteiger charge is -2.14. The van der Waals surface area contributed by atoms with E-state index in [0.717, 1.165) is 11.3 Å². The molecule has 0 aromatic heterocycles. The fourth-order valence-electron chi connectivity index (χ4n) is 2.54. The van der Waals surface area contributed by atoms with E-state index in [9.17, 15) is 4.79 Å². The highest BCUT2D eigenvalue weighted by Gasteiger charge is 2.14. The summed E-state index contributed by atoms with van der Waals surface area (Å²) in [6.07, 6.45) is 1.81. The standard InChI is InChI=1S/C18H20N4O2.CH2O/c1-2-21-17-14(7-4-8-15(17)19)18(23)22-13-6-3-5-12(9-13)16-10-20-11-24-16;1-2/h3-10,20-21H,2,11,19H2,1H3,(H,22,23);1H2. The predicted molar refractivity (Wildman–Crippen MR) is 104 cm³/mol. The summed E-state index contributed by atoms with van der Waals surface area (Å²) >= 11 is 0. The van der Waals surface area contributed by atoms with Crippen molar-refractivity contribution in [2.24, 2.45) is 0 Å². The van der Waals surface area contributed by atoms with Crippen molar-refractivity contribution in [3.8, 4) is 0 Å². The zero-order chi connectivity index (χ0) is 18.9. The molecule has 0 unspecified atom stereocenters. The second-order valence-electron chi connectivity index (χ2n) is 5.34. The Morgan fingerprint density at radius 1 is 1.27 bits per heavy atom. The maximum atomic E-state index is 12.6. The van der Waals surface area contributed by atoms with Crippen LogP contribution in [0.3, 0.4) is 0 Å². The van der Waals surface area contributed by atoms with Crippen LogP contribution >= 0.6 is 0 Å². The van der Waals surface area contributed by atoms with Gasteiger partial charge < -0.3 is 31.2 Å². The number of hydrogen-bond donors (Lipinski definition) is 4. The lowest BCUT2D eigenvalue weighted by Crippen LogP contribution is -2.16. The molecule has 7 nitrogen and oxygen atoms in total. The predicted octanol–water partition coefficient (Wildman–Crippen LogP) is 2.64. The maximum absolute atomic E-state index is 12.6. The first-order valence-corrected chi connectivity index (χ1v) is 8.08. The molecule has 0 fully saturated rings. The van der Waals surface area contributed by atoms with Crippen LogP contribution in [-0.2, 0) is 9.53 Å². The van der Waals surface area contributed by atoms with Crippen LogP contribution < -0.4 is 21.7 Å². The monoisotopic (exact) mass is 354 g/mol. The summed E-state index contributed by atoms with van der Waals surface area (Å²) in [5.74, 6) is 0.540. The lowest BCUT2D eigenvalue weighted by molar-refractivity contribution is -0.0980. The Balaban J connectivity index is 0.00000117. The van der Waals surface area contributed by atoms with Crippen LogP contribution in [0.5, 0.6) is 0 Å². The molecule has 2 aromatic carbocycles. The molecule has 1 aliphatic heterocycles. The molecule has 1 amide bonds. The van der Waals surface area contributed by atoms with Gasteiger partial charge in [-0.05, 0) is 31.2 Å². The van der Waals surface area contributed by atoms with Gasteiger partial charge in [0.05, 0.1) is 16.9 Å². The van der Waals surface area contributed by atoms with Crippen molar-refractivity contribution >= 4 is 35.5 Å². The molecular formula is C19H22N4O3. The molecule has 5 N–H and O–H groups in total. The Bertz CT molecular complexity index is 805. The van der Waals surface area contributed by atoms with Gasteiger partial charge in [0, 0.05) is 24.0 Å². The topological polar surface area (TPSA) is 105 Å². The molecular weight excluding hydrogens is 332 g/mol. The number of ether oxygens (including phenoxy) is 1. The average Bonchev–Trinajstić information content (AvgIpc) is 3.20. The molecule has 26 heavy (non-hydrogen) atoms. The van der Waals surface area contributed by atoms with Crippen LogP contribution in [0.15, 0.2) is 48.7 Å². The van der Waals surface area contributed by atoms with Crippen LogP contribution in [0.4, 0.5) is 17.1 Å². The lowest BCUT2D eigenvalue weighted by atomic mass is 10.1. The second-order valence-corrected chi connectivity index (χ2v) is 5.34. The molecule has 0 saturated carbocycles. The number of para-hydroxylation sites is 1. The van der Waals surface area contributed by atoms with Crippen LogP contribution in [0, 0.1) is 0 Å². The van der Waals surface area contributed by atoms with Crippen LogP contribution in [0.25, 0.3) is 5.76 Å². The van der Waals surface area contributed by atoms with Gasteiger partial charge in [-0.25, -0.2) is 0 Å². The first kappa shape index (κ1) is 18.9. The number of nitrogens with one attached hydrogen (secondary N) is 3. The van der Waals surface area contributed by atoms with Crippen LogP contribution in [0.2, 0.25) is 0 Å². The molecule has 2 aromatic rings. The zero-order valence-corrected chi connectivity index (χ0v) is 14.5. The molecule has 136 valence electrons. The normalized spacial score (nSPS) is 12.0. The number of hydrogen-bond acceptors (Lipinski definition) is 6. The molecule has 3 rings (SSSR count). The quantitative estimate of drug-likeness (QED) is 0.615. The van der Waals surface area contributed by atoms with E-state index in [1.807, 2.05) is 44.2 Å². The van der Waals surface area contributed by atoms with Gasteiger partial charge in [0.1, 0.15) is 12.5 Å². The Morgan fingerprint density at radius 3 is 2.73 bits per heavy atom. The summed E-state index contributed by atoms with van der Waals surface area (Å²) in [5, 5.41) is 9.05. The van der Waals surface area contributed by atoms with Gasteiger partial charge in [-0.3, -0.25) is 4.79 Å². The molecule has 0 bridgehead atoms. The molecule has 1 heterocycles. The van der Waals surface area contributed by atoms with Crippen molar-refractivity contribution in [3.63, 3.8) is 0 Å². The first-order valence-electron chi connectivity index (χ1n) is 8.08. The van der Waals surface area contributed by atoms with Gasteiger partial charge >= 0.3 is 0 Å².